The van der Waals surface area contributed by atoms with Gasteiger partial charge in [0, 0.05) is 22.4 Å². The van der Waals surface area contributed by atoms with Crippen LogP contribution >= 0.6 is 22.9 Å². The Morgan fingerprint density at radius 1 is 1.25 bits per heavy atom. The second-order valence-corrected chi connectivity index (χ2v) is 5.20. The summed E-state index contributed by atoms with van der Waals surface area (Å²) in [6.45, 7) is 0.674. The molecule has 0 amide bonds. The lowest BCUT2D eigenvalue weighted by Gasteiger charge is -2.13. The average molecular weight is 252 g/mol. The number of thiophene rings is 1. The topological polar surface area (TPSA) is 26.0 Å². The van der Waals surface area contributed by atoms with Crippen molar-refractivity contribution in [3.05, 3.63) is 57.2 Å². The molecule has 1 heterocycles. The summed E-state index contributed by atoms with van der Waals surface area (Å²) in [5, 5.41) is 2.88. The van der Waals surface area contributed by atoms with Gasteiger partial charge in [-0.2, -0.15) is 0 Å². The third-order valence-corrected chi connectivity index (χ3v) is 3.87. The zero-order chi connectivity index (χ0) is 11.4. The van der Waals surface area contributed by atoms with Gasteiger partial charge in [-0.05, 0) is 35.6 Å². The first kappa shape index (κ1) is 11.6. The molecule has 1 aromatic heterocycles. The molecular formula is C13H14ClNS. The second-order valence-electron chi connectivity index (χ2n) is 3.78. The summed E-state index contributed by atoms with van der Waals surface area (Å²) in [5.41, 5.74) is 7.07. The van der Waals surface area contributed by atoms with Gasteiger partial charge in [0.25, 0.3) is 0 Å². The van der Waals surface area contributed by atoms with E-state index in [9.17, 15) is 0 Å². The average Bonchev–Trinajstić information content (AvgIpc) is 2.79. The smallest absolute Gasteiger partial charge is 0.0408 e. The number of halogens is 1. The maximum atomic E-state index is 5.97. The molecule has 0 saturated heterocycles. The second kappa shape index (κ2) is 5.48. The molecule has 1 atom stereocenters. The van der Waals surface area contributed by atoms with Gasteiger partial charge in [0.15, 0.2) is 0 Å². The van der Waals surface area contributed by atoms with Gasteiger partial charge in [-0.15, -0.1) is 11.3 Å². The molecule has 1 unspecified atom stereocenters. The Bertz CT molecular complexity index is 439. The number of nitrogens with two attached hydrogens (primary N) is 1. The largest absolute Gasteiger partial charge is 0.330 e. The molecule has 2 rings (SSSR count). The molecule has 0 aliphatic heterocycles. The Morgan fingerprint density at radius 2 is 2.12 bits per heavy atom. The summed E-state index contributed by atoms with van der Waals surface area (Å²) in [5.74, 6) is 0.401. The van der Waals surface area contributed by atoms with E-state index in [2.05, 4.69) is 23.6 Å². The van der Waals surface area contributed by atoms with E-state index >= 15 is 0 Å². The zero-order valence-electron chi connectivity index (χ0n) is 8.90. The van der Waals surface area contributed by atoms with Crippen LogP contribution < -0.4 is 5.73 Å². The van der Waals surface area contributed by atoms with Crippen LogP contribution in [0.5, 0.6) is 0 Å². The molecule has 0 aliphatic carbocycles. The lowest BCUT2D eigenvalue weighted by Crippen LogP contribution is -2.13. The van der Waals surface area contributed by atoms with E-state index in [1.807, 2.05) is 18.2 Å². The van der Waals surface area contributed by atoms with Crippen LogP contribution in [-0.2, 0) is 6.42 Å². The first-order chi connectivity index (χ1) is 7.79. The van der Waals surface area contributed by atoms with Crippen molar-refractivity contribution in [1.82, 2.24) is 0 Å². The molecule has 1 aromatic carbocycles. The Labute approximate surface area is 105 Å². The molecule has 2 N–H and O–H groups in total. The summed E-state index contributed by atoms with van der Waals surface area (Å²) >= 11 is 7.73. The van der Waals surface area contributed by atoms with Crippen molar-refractivity contribution in [3.8, 4) is 0 Å². The van der Waals surface area contributed by atoms with E-state index in [4.69, 9.17) is 17.3 Å². The van der Waals surface area contributed by atoms with Crippen molar-refractivity contribution in [1.29, 1.82) is 0 Å². The van der Waals surface area contributed by atoms with Crippen LogP contribution in [0.15, 0.2) is 41.8 Å². The quantitative estimate of drug-likeness (QED) is 0.881. The summed E-state index contributed by atoms with van der Waals surface area (Å²) in [7, 11) is 0. The highest BCUT2D eigenvalue weighted by Crippen LogP contribution is 2.25. The monoisotopic (exact) mass is 251 g/mol. The fourth-order valence-corrected chi connectivity index (χ4v) is 2.83. The predicted octanol–water partition coefficient (Wildman–Crippen LogP) is 3.69. The molecule has 0 saturated carbocycles. The van der Waals surface area contributed by atoms with Gasteiger partial charge in [0.1, 0.15) is 0 Å². The van der Waals surface area contributed by atoms with Gasteiger partial charge < -0.3 is 5.73 Å². The molecule has 1 nitrogen and oxygen atoms in total. The maximum absolute atomic E-state index is 5.97. The molecule has 0 bridgehead atoms. The third kappa shape index (κ3) is 2.85. The molecule has 3 heteroatoms. The van der Waals surface area contributed by atoms with Crippen LogP contribution in [0, 0.1) is 0 Å². The van der Waals surface area contributed by atoms with Crippen LogP contribution in [-0.4, -0.2) is 6.54 Å². The number of rotatable bonds is 4. The van der Waals surface area contributed by atoms with Crippen molar-refractivity contribution >= 4 is 22.9 Å². The molecule has 0 aliphatic rings. The van der Waals surface area contributed by atoms with Crippen LogP contribution in [0.25, 0.3) is 0 Å². The lowest BCUT2D eigenvalue weighted by molar-refractivity contribution is 0.707. The van der Waals surface area contributed by atoms with Crippen molar-refractivity contribution in [2.45, 2.75) is 12.3 Å². The van der Waals surface area contributed by atoms with Crippen molar-refractivity contribution in [2.75, 3.05) is 6.54 Å². The number of hydrogen-bond acceptors (Lipinski definition) is 2. The Balaban J connectivity index is 2.13. The fourth-order valence-electron chi connectivity index (χ4n) is 1.77. The maximum Gasteiger partial charge on any atom is 0.0408 e. The zero-order valence-corrected chi connectivity index (χ0v) is 10.5. The Hall–Kier alpha value is -0.830. The van der Waals surface area contributed by atoms with E-state index in [-0.39, 0.29) is 0 Å². The first-order valence-corrected chi connectivity index (χ1v) is 6.53. The Morgan fingerprint density at radius 3 is 2.75 bits per heavy atom. The molecule has 0 radical (unpaired) electrons. The fraction of sp³-hybridized carbons (Fsp3) is 0.231. The van der Waals surface area contributed by atoms with Crippen molar-refractivity contribution < 1.29 is 0 Å². The van der Waals surface area contributed by atoms with E-state index in [0.717, 1.165) is 11.4 Å². The minimum Gasteiger partial charge on any atom is -0.330 e. The van der Waals surface area contributed by atoms with E-state index in [1.54, 1.807) is 11.3 Å². The van der Waals surface area contributed by atoms with Gasteiger partial charge in [-0.1, -0.05) is 29.8 Å². The highest BCUT2D eigenvalue weighted by molar-refractivity contribution is 7.10. The van der Waals surface area contributed by atoms with Gasteiger partial charge in [0.2, 0.25) is 0 Å². The highest BCUT2D eigenvalue weighted by Gasteiger charge is 2.11. The minimum atomic E-state index is 0.401. The SMILES string of the molecule is NCC(Cc1cccc(Cl)c1)c1cccs1. The number of benzene rings is 1. The molecule has 0 fully saturated rings. The van der Waals surface area contributed by atoms with Crippen LogP contribution in [0.2, 0.25) is 5.02 Å². The molecular weight excluding hydrogens is 238 g/mol. The molecule has 16 heavy (non-hydrogen) atoms. The highest BCUT2D eigenvalue weighted by atomic mass is 35.5. The van der Waals surface area contributed by atoms with Gasteiger partial charge >= 0.3 is 0 Å². The summed E-state index contributed by atoms with van der Waals surface area (Å²) in [4.78, 5) is 1.35. The van der Waals surface area contributed by atoms with E-state index in [0.29, 0.717) is 12.5 Å². The van der Waals surface area contributed by atoms with Gasteiger partial charge in [-0.3, -0.25) is 0 Å². The summed E-state index contributed by atoms with van der Waals surface area (Å²) < 4.78 is 0. The van der Waals surface area contributed by atoms with Crippen LogP contribution in [0.1, 0.15) is 16.4 Å². The van der Waals surface area contributed by atoms with Gasteiger partial charge in [-0.25, -0.2) is 0 Å². The predicted molar refractivity (Wildman–Crippen MR) is 71.3 cm³/mol. The third-order valence-electron chi connectivity index (χ3n) is 2.60. The molecule has 2 aromatic rings. The van der Waals surface area contributed by atoms with Crippen LogP contribution in [0.4, 0.5) is 0 Å². The normalized spacial score (nSPS) is 12.6. The number of hydrogen-bond donors (Lipinski definition) is 1. The minimum absolute atomic E-state index is 0.401. The molecule has 0 spiro atoms. The standard InChI is InChI=1S/C13H14ClNS/c14-12-4-1-3-10(8-12)7-11(9-15)13-5-2-6-16-13/h1-6,8,11H,7,9,15H2. The first-order valence-electron chi connectivity index (χ1n) is 5.27. The Kier molecular flexibility index (Phi) is 3.99. The van der Waals surface area contributed by atoms with Gasteiger partial charge in [0.05, 0.1) is 0 Å². The van der Waals surface area contributed by atoms with E-state index in [1.165, 1.54) is 10.4 Å². The van der Waals surface area contributed by atoms with Crippen molar-refractivity contribution in [3.63, 3.8) is 0 Å². The van der Waals surface area contributed by atoms with Crippen LogP contribution in [0.3, 0.4) is 0 Å². The molecule has 84 valence electrons. The summed E-state index contributed by atoms with van der Waals surface area (Å²) in [6, 6.07) is 12.2. The van der Waals surface area contributed by atoms with E-state index < -0.39 is 0 Å². The summed E-state index contributed by atoms with van der Waals surface area (Å²) in [6.07, 6.45) is 0.956. The lowest BCUT2D eigenvalue weighted by atomic mass is 9.98. The van der Waals surface area contributed by atoms with Crippen molar-refractivity contribution in [2.24, 2.45) is 5.73 Å².